The van der Waals surface area contributed by atoms with Gasteiger partial charge in [0.1, 0.15) is 0 Å². The largest absolute Gasteiger partial charge is 0.391 e. The average Bonchev–Trinajstić information content (AvgIpc) is 2.71. The summed E-state index contributed by atoms with van der Waals surface area (Å²) < 4.78 is 2.12. The minimum atomic E-state index is -0.688. The Morgan fingerprint density at radius 1 is 1.12 bits per heavy atom. The fourth-order valence-corrected chi connectivity index (χ4v) is 2.19. The monoisotopic (exact) mass is 233 g/mol. The van der Waals surface area contributed by atoms with Crippen LogP contribution in [0.15, 0.2) is 36.5 Å². The predicted octanol–water partition coefficient (Wildman–Crippen LogP) is 2.02. The van der Waals surface area contributed by atoms with Gasteiger partial charge in [0.2, 0.25) is 0 Å². The van der Waals surface area contributed by atoms with Gasteiger partial charge in [0.15, 0.2) is 0 Å². The van der Waals surface area contributed by atoms with Crippen LogP contribution in [-0.4, -0.2) is 27.0 Å². The zero-order valence-corrected chi connectivity index (χ0v) is 10.2. The normalized spacial score (nSPS) is 16.9. The third-order valence-electron chi connectivity index (χ3n) is 3.24. The Labute approximate surface area is 101 Å². The van der Waals surface area contributed by atoms with E-state index in [1.54, 1.807) is 6.92 Å². The lowest BCUT2D eigenvalue weighted by molar-refractivity contribution is -0.00629. The Kier molecular flexibility index (Phi) is 3.50. The van der Waals surface area contributed by atoms with E-state index < -0.39 is 12.2 Å². The fraction of sp³-hybridized carbons (Fsp3) is 0.429. The van der Waals surface area contributed by atoms with Gasteiger partial charge < -0.3 is 14.8 Å². The number of aliphatic hydroxyl groups excluding tert-OH is 2. The summed E-state index contributed by atoms with van der Waals surface area (Å²) in [6.45, 7) is 4.28. The molecular weight excluding hydrogens is 214 g/mol. The van der Waals surface area contributed by atoms with Gasteiger partial charge in [0, 0.05) is 24.2 Å². The van der Waals surface area contributed by atoms with E-state index in [-0.39, 0.29) is 5.92 Å². The number of fused-ring (bicyclic) bond motifs is 1. The van der Waals surface area contributed by atoms with E-state index >= 15 is 0 Å². The van der Waals surface area contributed by atoms with Crippen LogP contribution < -0.4 is 0 Å². The number of aliphatic hydroxyl groups is 2. The molecule has 0 aliphatic heterocycles. The van der Waals surface area contributed by atoms with Crippen LogP contribution in [0.4, 0.5) is 0 Å². The maximum atomic E-state index is 9.80. The summed E-state index contributed by atoms with van der Waals surface area (Å²) in [6, 6.07) is 10.2. The average molecular weight is 233 g/mol. The first kappa shape index (κ1) is 12.1. The SMILES string of the molecule is CC(O)C(O)C(C)Cn1ccc2ccccc21. The molecule has 1 aromatic carbocycles. The van der Waals surface area contributed by atoms with Crippen molar-refractivity contribution in [2.24, 2.45) is 5.92 Å². The van der Waals surface area contributed by atoms with Crippen LogP contribution in [-0.2, 0) is 6.54 Å². The first-order chi connectivity index (χ1) is 8.09. The third-order valence-corrected chi connectivity index (χ3v) is 3.24. The summed E-state index contributed by atoms with van der Waals surface area (Å²) in [5, 5.41) is 20.4. The van der Waals surface area contributed by atoms with Crippen molar-refractivity contribution in [2.45, 2.75) is 32.6 Å². The van der Waals surface area contributed by atoms with Gasteiger partial charge >= 0.3 is 0 Å². The molecule has 0 spiro atoms. The quantitative estimate of drug-likeness (QED) is 0.848. The lowest BCUT2D eigenvalue weighted by Gasteiger charge is -2.22. The molecule has 3 nitrogen and oxygen atoms in total. The molecule has 17 heavy (non-hydrogen) atoms. The Bertz CT molecular complexity index is 490. The van der Waals surface area contributed by atoms with Gasteiger partial charge in [-0.05, 0) is 24.4 Å². The summed E-state index contributed by atoms with van der Waals surface area (Å²) in [4.78, 5) is 0. The zero-order chi connectivity index (χ0) is 12.4. The summed E-state index contributed by atoms with van der Waals surface area (Å²) in [7, 11) is 0. The van der Waals surface area contributed by atoms with Gasteiger partial charge in [0.25, 0.3) is 0 Å². The number of para-hydroxylation sites is 1. The smallest absolute Gasteiger partial charge is 0.0838 e. The van der Waals surface area contributed by atoms with Gasteiger partial charge in [0.05, 0.1) is 12.2 Å². The second-order valence-corrected chi connectivity index (χ2v) is 4.74. The number of benzene rings is 1. The molecule has 2 N–H and O–H groups in total. The first-order valence-corrected chi connectivity index (χ1v) is 5.99. The predicted molar refractivity (Wildman–Crippen MR) is 68.8 cm³/mol. The van der Waals surface area contributed by atoms with Crippen molar-refractivity contribution >= 4 is 10.9 Å². The van der Waals surface area contributed by atoms with E-state index in [1.807, 2.05) is 25.3 Å². The van der Waals surface area contributed by atoms with Gasteiger partial charge in [-0.1, -0.05) is 25.1 Å². The lowest BCUT2D eigenvalue weighted by Crippen LogP contribution is -2.32. The van der Waals surface area contributed by atoms with Crippen molar-refractivity contribution in [3.63, 3.8) is 0 Å². The molecule has 0 saturated heterocycles. The van der Waals surface area contributed by atoms with Gasteiger partial charge in [-0.3, -0.25) is 0 Å². The molecule has 1 heterocycles. The van der Waals surface area contributed by atoms with Crippen LogP contribution >= 0.6 is 0 Å². The summed E-state index contributed by atoms with van der Waals surface area (Å²) in [5.41, 5.74) is 1.16. The van der Waals surface area contributed by atoms with E-state index in [0.717, 1.165) is 5.52 Å². The number of hydrogen-bond acceptors (Lipinski definition) is 2. The van der Waals surface area contributed by atoms with Crippen LogP contribution in [0.25, 0.3) is 10.9 Å². The first-order valence-electron chi connectivity index (χ1n) is 5.99. The van der Waals surface area contributed by atoms with Crippen molar-refractivity contribution in [1.29, 1.82) is 0 Å². The van der Waals surface area contributed by atoms with E-state index in [4.69, 9.17) is 0 Å². The second-order valence-electron chi connectivity index (χ2n) is 4.74. The lowest BCUT2D eigenvalue weighted by atomic mass is 10.0. The van der Waals surface area contributed by atoms with Crippen molar-refractivity contribution in [3.8, 4) is 0 Å². The van der Waals surface area contributed by atoms with Crippen molar-refractivity contribution < 1.29 is 10.2 Å². The molecule has 0 aliphatic rings. The zero-order valence-electron chi connectivity index (χ0n) is 10.2. The van der Waals surface area contributed by atoms with Gasteiger partial charge in [-0.2, -0.15) is 0 Å². The minimum absolute atomic E-state index is 0.0193. The Balaban J connectivity index is 2.18. The number of hydrogen-bond donors (Lipinski definition) is 2. The van der Waals surface area contributed by atoms with E-state index in [2.05, 4.69) is 22.8 Å². The topological polar surface area (TPSA) is 45.4 Å². The second kappa shape index (κ2) is 4.90. The van der Waals surface area contributed by atoms with Crippen LogP contribution in [0.5, 0.6) is 0 Å². The molecule has 3 heteroatoms. The molecule has 3 unspecified atom stereocenters. The van der Waals surface area contributed by atoms with E-state index in [9.17, 15) is 10.2 Å². The highest BCUT2D eigenvalue weighted by molar-refractivity contribution is 5.79. The summed E-state index contributed by atoms with van der Waals surface area (Å²) in [6.07, 6.45) is 0.652. The molecule has 2 aromatic rings. The Morgan fingerprint density at radius 2 is 1.82 bits per heavy atom. The van der Waals surface area contributed by atoms with Crippen molar-refractivity contribution in [1.82, 2.24) is 4.57 Å². The summed E-state index contributed by atoms with van der Waals surface area (Å²) >= 11 is 0. The highest BCUT2D eigenvalue weighted by Crippen LogP contribution is 2.18. The molecule has 1 aromatic heterocycles. The molecule has 0 amide bonds. The van der Waals surface area contributed by atoms with Crippen LogP contribution in [0.3, 0.4) is 0 Å². The maximum Gasteiger partial charge on any atom is 0.0838 e. The summed E-state index contributed by atoms with van der Waals surface area (Å²) in [5.74, 6) is 0.0193. The number of nitrogens with zero attached hydrogens (tertiary/aromatic N) is 1. The Hall–Kier alpha value is -1.32. The number of aromatic nitrogens is 1. The fourth-order valence-electron chi connectivity index (χ4n) is 2.19. The molecule has 0 aliphatic carbocycles. The van der Waals surface area contributed by atoms with E-state index in [0.29, 0.717) is 6.54 Å². The molecule has 0 radical (unpaired) electrons. The highest BCUT2D eigenvalue weighted by atomic mass is 16.3. The van der Waals surface area contributed by atoms with Crippen LogP contribution in [0.2, 0.25) is 0 Å². The molecule has 3 atom stereocenters. The van der Waals surface area contributed by atoms with Crippen LogP contribution in [0.1, 0.15) is 13.8 Å². The molecule has 2 rings (SSSR count). The van der Waals surface area contributed by atoms with Gasteiger partial charge in [-0.15, -0.1) is 0 Å². The van der Waals surface area contributed by atoms with E-state index in [1.165, 1.54) is 5.39 Å². The molecule has 92 valence electrons. The molecule has 0 fully saturated rings. The molecule has 0 saturated carbocycles. The van der Waals surface area contributed by atoms with Gasteiger partial charge in [-0.25, -0.2) is 0 Å². The van der Waals surface area contributed by atoms with Crippen LogP contribution in [0, 0.1) is 5.92 Å². The standard InChI is InChI=1S/C14H19NO2/c1-10(14(17)11(2)16)9-15-8-7-12-5-3-4-6-13(12)15/h3-8,10-11,14,16-17H,9H2,1-2H3. The molecular formula is C14H19NO2. The minimum Gasteiger partial charge on any atom is -0.391 e. The molecule has 0 bridgehead atoms. The maximum absolute atomic E-state index is 9.80. The Morgan fingerprint density at radius 3 is 2.53 bits per heavy atom. The van der Waals surface area contributed by atoms with Crippen molar-refractivity contribution in [2.75, 3.05) is 0 Å². The van der Waals surface area contributed by atoms with Crippen molar-refractivity contribution in [3.05, 3.63) is 36.5 Å². The number of rotatable bonds is 4. The highest BCUT2D eigenvalue weighted by Gasteiger charge is 2.19. The third kappa shape index (κ3) is 2.51.